The monoisotopic (exact) mass is 527 g/mol. The van der Waals surface area contributed by atoms with Crippen molar-refractivity contribution in [1.82, 2.24) is 34.7 Å². The average Bonchev–Trinajstić information content (AvgIpc) is 3.67. The fraction of sp³-hybridized carbons (Fsp3) is 0.433. The molecule has 0 spiro atoms. The van der Waals surface area contributed by atoms with E-state index < -0.39 is 6.10 Å². The van der Waals surface area contributed by atoms with Crippen LogP contribution in [0.4, 0.5) is 0 Å². The van der Waals surface area contributed by atoms with Gasteiger partial charge in [-0.3, -0.25) is 4.79 Å². The minimum atomic E-state index is -0.419. The number of hydrogen-bond acceptors (Lipinski definition) is 6. The quantitative estimate of drug-likeness (QED) is 0.347. The summed E-state index contributed by atoms with van der Waals surface area (Å²) >= 11 is 0. The maximum Gasteiger partial charge on any atom is 0.245 e. The van der Waals surface area contributed by atoms with E-state index in [9.17, 15) is 9.90 Å². The van der Waals surface area contributed by atoms with Crippen molar-refractivity contribution in [2.75, 3.05) is 6.54 Å². The lowest BCUT2D eigenvalue weighted by Gasteiger charge is -2.41. The van der Waals surface area contributed by atoms with Crippen LogP contribution in [0.3, 0.4) is 0 Å². The molecule has 9 heteroatoms. The summed E-state index contributed by atoms with van der Waals surface area (Å²) in [5, 5.41) is 22.1. The molecule has 0 bridgehead atoms. The van der Waals surface area contributed by atoms with Crippen molar-refractivity contribution >= 4 is 5.91 Å². The lowest BCUT2D eigenvalue weighted by Crippen LogP contribution is -2.47. The molecule has 2 aromatic heterocycles. The molecule has 2 heterocycles. The highest BCUT2D eigenvalue weighted by molar-refractivity contribution is 5.76. The summed E-state index contributed by atoms with van der Waals surface area (Å²) < 4.78 is 3.63. The summed E-state index contributed by atoms with van der Waals surface area (Å²) in [5.74, 6) is 0.735. The number of amides is 1. The van der Waals surface area contributed by atoms with Gasteiger partial charge in [0.05, 0.1) is 17.8 Å². The molecule has 9 nitrogen and oxygen atoms in total. The van der Waals surface area contributed by atoms with E-state index in [0.717, 1.165) is 41.9 Å². The summed E-state index contributed by atoms with van der Waals surface area (Å²) in [6, 6.07) is 20.1. The topological polar surface area (TPSA) is 102 Å². The highest BCUT2D eigenvalue weighted by atomic mass is 16.3. The van der Waals surface area contributed by atoms with Crippen molar-refractivity contribution in [1.29, 1.82) is 0 Å². The SMILES string of the molecule is CC(C)(C)[C@H](c1nc(-c2ccccc2)cn1Cc1ccccc1)N(C[C@H]1CCC[C@@H]1O)C(=O)Cn1cnnn1. The zero-order valence-corrected chi connectivity index (χ0v) is 22.9. The van der Waals surface area contributed by atoms with E-state index in [2.05, 4.69) is 71.3 Å². The summed E-state index contributed by atoms with van der Waals surface area (Å²) in [6.45, 7) is 7.53. The second kappa shape index (κ2) is 11.5. The Morgan fingerprint density at radius 2 is 1.79 bits per heavy atom. The van der Waals surface area contributed by atoms with Crippen LogP contribution in [0.1, 0.15) is 57.5 Å². The molecule has 1 N–H and O–H groups in total. The molecule has 1 amide bonds. The molecule has 4 aromatic rings. The molecule has 204 valence electrons. The summed E-state index contributed by atoms with van der Waals surface area (Å²) in [4.78, 5) is 21.1. The second-order valence-corrected chi connectivity index (χ2v) is 11.5. The molecule has 0 aliphatic heterocycles. The number of carbonyl (C=O) groups excluding carboxylic acids is 1. The normalized spacial score (nSPS) is 18.3. The van der Waals surface area contributed by atoms with Crippen LogP contribution in [0.2, 0.25) is 0 Å². The zero-order valence-electron chi connectivity index (χ0n) is 22.9. The van der Waals surface area contributed by atoms with E-state index in [4.69, 9.17) is 4.98 Å². The van der Waals surface area contributed by atoms with Crippen molar-refractivity contribution in [2.24, 2.45) is 11.3 Å². The van der Waals surface area contributed by atoms with Crippen LogP contribution in [0.25, 0.3) is 11.3 Å². The molecule has 1 fully saturated rings. The smallest absolute Gasteiger partial charge is 0.245 e. The van der Waals surface area contributed by atoms with Gasteiger partial charge in [0.15, 0.2) is 0 Å². The molecule has 1 saturated carbocycles. The fourth-order valence-corrected chi connectivity index (χ4v) is 5.61. The number of aliphatic hydroxyl groups excluding tert-OH is 1. The van der Waals surface area contributed by atoms with Crippen LogP contribution in [0, 0.1) is 11.3 Å². The van der Waals surface area contributed by atoms with Gasteiger partial charge in [0.2, 0.25) is 5.91 Å². The van der Waals surface area contributed by atoms with Gasteiger partial charge in [-0.25, -0.2) is 9.67 Å². The number of imidazole rings is 1. The van der Waals surface area contributed by atoms with Crippen LogP contribution in [0.15, 0.2) is 73.2 Å². The van der Waals surface area contributed by atoms with Crippen molar-refractivity contribution in [2.45, 2.75) is 65.3 Å². The van der Waals surface area contributed by atoms with Gasteiger partial charge in [-0.2, -0.15) is 0 Å². The molecule has 3 atom stereocenters. The summed E-state index contributed by atoms with van der Waals surface area (Å²) in [5.41, 5.74) is 2.69. The third-order valence-corrected chi connectivity index (χ3v) is 7.51. The van der Waals surface area contributed by atoms with Crippen LogP contribution in [-0.4, -0.2) is 58.3 Å². The van der Waals surface area contributed by atoms with Gasteiger partial charge in [-0.05, 0) is 34.2 Å². The Morgan fingerprint density at radius 3 is 2.41 bits per heavy atom. The first-order valence-electron chi connectivity index (χ1n) is 13.6. The molecule has 5 rings (SSSR count). The average molecular weight is 528 g/mol. The number of aliphatic hydroxyl groups is 1. The first-order chi connectivity index (χ1) is 18.8. The van der Waals surface area contributed by atoms with E-state index in [1.807, 2.05) is 41.3 Å². The Hall–Kier alpha value is -3.85. The first kappa shape index (κ1) is 26.7. The largest absolute Gasteiger partial charge is 0.393 e. The first-order valence-corrected chi connectivity index (χ1v) is 13.6. The Kier molecular flexibility index (Phi) is 7.88. The maximum absolute atomic E-state index is 14.0. The van der Waals surface area contributed by atoms with Gasteiger partial charge >= 0.3 is 0 Å². The molecular formula is C30H37N7O2. The number of aromatic nitrogens is 6. The molecule has 1 aliphatic rings. The molecular weight excluding hydrogens is 490 g/mol. The minimum Gasteiger partial charge on any atom is -0.393 e. The van der Waals surface area contributed by atoms with E-state index in [1.165, 1.54) is 11.0 Å². The Balaban J connectivity index is 1.60. The van der Waals surface area contributed by atoms with Crippen LogP contribution >= 0.6 is 0 Å². The van der Waals surface area contributed by atoms with Crippen LogP contribution in [-0.2, 0) is 17.9 Å². The zero-order chi connectivity index (χ0) is 27.4. The van der Waals surface area contributed by atoms with Gasteiger partial charge in [-0.15, -0.1) is 5.10 Å². The highest BCUT2D eigenvalue weighted by Gasteiger charge is 2.41. The molecule has 0 saturated heterocycles. The molecule has 39 heavy (non-hydrogen) atoms. The van der Waals surface area contributed by atoms with Crippen molar-refractivity contribution < 1.29 is 9.90 Å². The van der Waals surface area contributed by atoms with Crippen molar-refractivity contribution in [3.8, 4) is 11.3 Å². The van der Waals surface area contributed by atoms with Gasteiger partial charge in [-0.1, -0.05) is 87.9 Å². The molecule has 0 radical (unpaired) electrons. The third-order valence-electron chi connectivity index (χ3n) is 7.51. The van der Waals surface area contributed by atoms with Gasteiger partial charge in [0.25, 0.3) is 0 Å². The van der Waals surface area contributed by atoms with E-state index in [1.54, 1.807) is 0 Å². The molecule has 0 unspecified atom stereocenters. The molecule has 2 aromatic carbocycles. The Bertz CT molecular complexity index is 1350. The van der Waals surface area contributed by atoms with E-state index in [-0.39, 0.29) is 29.8 Å². The Labute approximate surface area is 229 Å². The number of rotatable bonds is 9. The summed E-state index contributed by atoms with van der Waals surface area (Å²) in [7, 11) is 0. The lowest BCUT2D eigenvalue weighted by atomic mass is 9.84. The van der Waals surface area contributed by atoms with Crippen molar-refractivity contribution in [3.05, 3.63) is 84.6 Å². The van der Waals surface area contributed by atoms with E-state index >= 15 is 0 Å². The number of tetrazole rings is 1. The van der Waals surface area contributed by atoms with Gasteiger partial charge in [0, 0.05) is 30.8 Å². The van der Waals surface area contributed by atoms with E-state index in [0.29, 0.717) is 13.1 Å². The standard InChI is InChI=1S/C30H37N7O2/c1-30(2,3)28(37(18-24-15-10-16-26(24)38)27(39)20-36-21-31-33-34-36)29-32-25(23-13-8-5-9-14-23)19-35(29)17-22-11-6-4-7-12-22/h4-9,11-14,19,21,24,26,28,38H,10,15-18,20H2,1-3H3/t24-,26+,28+/m1/s1. The predicted molar refractivity (Wildman–Crippen MR) is 148 cm³/mol. The van der Waals surface area contributed by atoms with Gasteiger partial charge < -0.3 is 14.6 Å². The Morgan fingerprint density at radius 1 is 1.08 bits per heavy atom. The highest BCUT2D eigenvalue weighted by Crippen LogP contribution is 2.41. The van der Waals surface area contributed by atoms with Crippen LogP contribution in [0.5, 0.6) is 0 Å². The second-order valence-electron chi connectivity index (χ2n) is 11.5. The lowest BCUT2D eigenvalue weighted by molar-refractivity contribution is -0.139. The fourth-order valence-electron chi connectivity index (χ4n) is 5.61. The molecule has 1 aliphatic carbocycles. The number of hydrogen-bond donors (Lipinski definition) is 1. The number of carbonyl (C=O) groups is 1. The van der Waals surface area contributed by atoms with Gasteiger partial charge in [0.1, 0.15) is 18.7 Å². The number of nitrogens with zero attached hydrogens (tertiary/aromatic N) is 7. The maximum atomic E-state index is 14.0. The third kappa shape index (κ3) is 6.25. The predicted octanol–water partition coefficient (Wildman–Crippen LogP) is 4.36. The summed E-state index contributed by atoms with van der Waals surface area (Å²) in [6.07, 6.45) is 5.74. The number of benzene rings is 2. The van der Waals surface area contributed by atoms with Crippen molar-refractivity contribution in [3.63, 3.8) is 0 Å². The minimum absolute atomic E-state index is 0.0128. The van der Waals surface area contributed by atoms with Crippen LogP contribution < -0.4 is 0 Å².